The van der Waals surface area contributed by atoms with Crippen LogP contribution in [0.25, 0.3) is 0 Å². The zero-order valence-electron chi connectivity index (χ0n) is 13.7. The zero-order valence-corrected chi connectivity index (χ0v) is 13.7. The van der Waals surface area contributed by atoms with Crippen LogP contribution in [0.1, 0.15) is 19.8 Å². The summed E-state index contributed by atoms with van der Waals surface area (Å²) in [5.41, 5.74) is 4.93. The summed E-state index contributed by atoms with van der Waals surface area (Å²) in [6.07, 6.45) is 5.42. The lowest BCUT2D eigenvalue weighted by molar-refractivity contribution is -0.155. The number of rotatable bonds is 12. The Labute approximate surface area is 141 Å². The standard InChI is InChI=1S/C16H24N2O6/c1-3-5-12(6-4-2)23-11-16(22)24-13(10-19)9-18-15(21)8-7-14(17)20/h3-6,13,19H,1,7-11H2,2H3,(H2,17,20)(H,18,21)/b6-4-,12-5+. The lowest BCUT2D eigenvalue weighted by atomic mass is 10.3. The predicted octanol–water partition coefficient (Wildman–Crippen LogP) is -0.0652. The third-order valence-corrected chi connectivity index (χ3v) is 2.60. The van der Waals surface area contributed by atoms with E-state index in [1.165, 1.54) is 6.08 Å². The summed E-state index contributed by atoms with van der Waals surface area (Å²) in [4.78, 5) is 33.7. The van der Waals surface area contributed by atoms with Crippen molar-refractivity contribution in [2.75, 3.05) is 19.8 Å². The molecule has 0 bridgehead atoms. The molecule has 0 radical (unpaired) electrons. The second-order valence-electron chi connectivity index (χ2n) is 4.66. The Morgan fingerprint density at radius 2 is 2.04 bits per heavy atom. The second kappa shape index (κ2) is 12.9. The van der Waals surface area contributed by atoms with Crippen LogP contribution in [0.3, 0.4) is 0 Å². The minimum atomic E-state index is -0.910. The number of hydrogen-bond acceptors (Lipinski definition) is 6. The van der Waals surface area contributed by atoms with Gasteiger partial charge >= 0.3 is 5.97 Å². The number of allylic oxidation sites excluding steroid dienone is 4. The van der Waals surface area contributed by atoms with Crippen LogP contribution < -0.4 is 11.1 Å². The van der Waals surface area contributed by atoms with Gasteiger partial charge in [0.1, 0.15) is 11.9 Å². The van der Waals surface area contributed by atoms with E-state index in [-0.39, 0.29) is 26.0 Å². The SMILES string of the molecule is C=C/C=C(\C=C/C)OCC(=O)OC(CO)CNC(=O)CCC(N)=O. The molecule has 8 heteroatoms. The summed E-state index contributed by atoms with van der Waals surface area (Å²) in [5.74, 6) is -1.27. The molecule has 0 aliphatic heterocycles. The highest BCUT2D eigenvalue weighted by Gasteiger charge is 2.15. The largest absolute Gasteiger partial charge is 0.482 e. The molecule has 0 heterocycles. The number of nitrogens with two attached hydrogens (primary N) is 1. The van der Waals surface area contributed by atoms with Crippen molar-refractivity contribution in [3.63, 3.8) is 0 Å². The summed E-state index contributed by atoms with van der Waals surface area (Å²) < 4.78 is 10.2. The third kappa shape index (κ3) is 11.0. The number of amides is 2. The molecule has 0 fully saturated rings. The smallest absolute Gasteiger partial charge is 0.344 e. The maximum atomic E-state index is 11.7. The fourth-order valence-corrected chi connectivity index (χ4v) is 1.49. The van der Waals surface area contributed by atoms with Gasteiger partial charge in [0, 0.05) is 12.8 Å². The molecular weight excluding hydrogens is 316 g/mol. The number of carbonyl (C=O) groups excluding carboxylic acids is 3. The third-order valence-electron chi connectivity index (χ3n) is 2.60. The lowest BCUT2D eigenvalue weighted by Gasteiger charge is -2.16. The van der Waals surface area contributed by atoms with Gasteiger partial charge in [-0.2, -0.15) is 0 Å². The van der Waals surface area contributed by atoms with Crippen LogP contribution in [0.15, 0.2) is 36.6 Å². The van der Waals surface area contributed by atoms with Crippen molar-refractivity contribution in [1.29, 1.82) is 0 Å². The predicted molar refractivity (Wildman–Crippen MR) is 87.4 cm³/mol. The molecular formula is C16H24N2O6. The molecule has 0 saturated heterocycles. The Kier molecular flexibility index (Phi) is 11.5. The van der Waals surface area contributed by atoms with Gasteiger partial charge in [-0.25, -0.2) is 4.79 Å². The molecule has 24 heavy (non-hydrogen) atoms. The van der Waals surface area contributed by atoms with E-state index in [0.29, 0.717) is 5.76 Å². The van der Waals surface area contributed by atoms with E-state index < -0.39 is 30.5 Å². The average Bonchev–Trinajstić information content (AvgIpc) is 2.54. The molecule has 0 rings (SSSR count). The zero-order chi connectivity index (χ0) is 18.4. The highest BCUT2D eigenvalue weighted by molar-refractivity contribution is 5.82. The number of nitrogens with one attached hydrogen (secondary N) is 1. The van der Waals surface area contributed by atoms with Crippen LogP contribution in [0.5, 0.6) is 0 Å². The molecule has 1 atom stereocenters. The number of aliphatic hydroxyl groups excluding tert-OH is 1. The molecule has 1 unspecified atom stereocenters. The fourth-order valence-electron chi connectivity index (χ4n) is 1.49. The number of ether oxygens (including phenoxy) is 2. The number of hydrogen-bond donors (Lipinski definition) is 3. The van der Waals surface area contributed by atoms with Crippen molar-refractivity contribution < 1.29 is 29.0 Å². The van der Waals surface area contributed by atoms with Gasteiger partial charge in [0.15, 0.2) is 6.61 Å². The molecule has 0 aliphatic carbocycles. The van der Waals surface area contributed by atoms with Gasteiger partial charge in [-0.05, 0) is 19.1 Å². The molecule has 0 spiro atoms. The van der Waals surface area contributed by atoms with Gasteiger partial charge in [-0.15, -0.1) is 0 Å². The number of primary amides is 1. The van der Waals surface area contributed by atoms with Gasteiger partial charge in [0.25, 0.3) is 0 Å². The van der Waals surface area contributed by atoms with Gasteiger partial charge in [0.05, 0.1) is 13.2 Å². The van der Waals surface area contributed by atoms with Gasteiger partial charge < -0.3 is 25.6 Å². The molecule has 8 nitrogen and oxygen atoms in total. The Morgan fingerprint density at radius 1 is 1.33 bits per heavy atom. The van der Waals surface area contributed by atoms with E-state index in [1.54, 1.807) is 25.2 Å². The maximum Gasteiger partial charge on any atom is 0.344 e. The van der Waals surface area contributed by atoms with Crippen molar-refractivity contribution in [3.8, 4) is 0 Å². The first kappa shape index (κ1) is 21.4. The Morgan fingerprint density at radius 3 is 2.58 bits per heavy atom. The summed E-state index contributed by atoms with van der Waals surface area (Å²) in [6.45, 7) is 4.43. The van der Waals surface area contributed by atoms with Crippen molar-refractivity contribution in [1.82, 2.24) is 5.32 Å². The number of aliphatic hydroxyl groups is 1. The van der Waals surface area contributed by atoms with E-state index in [1.807, 2.05) is 0 Å². The molecule has 0 aromatic rings. The van der Waals surface area contributed by atoms with Crippen LogP contribution >= 0.6 is 0 Å². The first-order valence-corrected chi connectivity index (χ1v) is 7.36. The molecule has 2 amide bonds. The molecule has 0 saturated carbocycles. The van der Waals surface area contributed by atoms with Crippen molar-refractivity contribution >= 4 is 17.8 Å². The average molecular weight is 340 g/mol. The van der Waals surface area contributed by atoms with Crippen LogP contribution in [0.2, 0.25) is 0 Å². The lowest BCUT2D eigenvalue weighted by Crippen LogP contribution is -2.37. The van der Waals surface area contributed by atoms with Crippen molar-refractivity contribution in [2.45, 2.75) is 25.9 Å². The number of carbonyl (C=O) groups is 3. The van der Waals surface area contributed by atoms with Crippen LogP contribution in [0, 0.1) is 0 Å². The van der Waals surface area contributed by atoms with E-state index in [9.17, 15) is 19.5 Å². The molecule has 0 aromatic carbocycles. The first-order chi connectivity index (χ1) is 11.4. The fraction of sp³-hybridized carbons (Fsp3) is 0.438. The quantitative estimate of drug-likeness (QED) is 0.259. The first-order valence-electron chi connectivity index (χ1n) is 7.36. The van der Waals surface area contributed by atoms with Crippen LogP contribution in [0.4, 0.5) is 0 Å². The maximum absolute atomic E-state index is 11.7. The van der Waals surface area contributed by atoms with Crippen LogP contribution in [-0.2, 0) is 23.9 Å². The Bertz CT molecular complexity index is 499. The highest BCUT2D eigenvalue weighted by atomic mass is 16.6. The Hall–Kier alpha value is -2.61. The molecule has 0 aromatic heterocycles. The van der Waals surface area contributed by atoms with E-state index >= 15 is 0 Å². The second-order valence-corrected chi connectivity index (χ2v) is 4.66. The van der Waals surface area contributed by atoms with Gasteiger partial charge in [-0.3, -0.25) is 9.59 Å². The van der Waals surface area contributed by atoms with E-state index in [0.717, 1.165) is 0 Å². The van der Waals surface area contributed by atoms with Crippen LogP contribution in [-0.4, -0.2) is 48.8 Å². The minimum absolute atomic E-state index is 0.0659. The summed E-state index contributed by atoms with van der Waals surface area (Å²) in [5, 5.41) is 11.6. The normalized spacial score (nSPS) is 12.5. The highest BCUT2D eigenvalue weighted by Crippen LogP contribution is 2.02. The number of esters is 1. The monoisotopic (exact) mass is 340 g/mol. The minimum Gasteiger partial charge on any atom is -0.482 e. The summed E-state index contributed by atoms with van der Waals surface area (Å²) in [7, 11) is 0. The molecule has 134 valence electrons. The molecule has 4 N–H and O–H groups in total. The van der Waals surface area contributed by atoms with Crippen molar-refractivity contribution in [2.24, 2.45) is 5.73 Å². The topological polar surface area (TPSA) is 128 Å². The molecule has 0 aliphatic rings. The van der Waals surface area contributed by atoms with Crippen molar-refractivity contribution in [3.05, 3.63) is 36.6 Å². The summed E-state index contributed by atoms with van der Waals surface area (Å²) in [6, 6.07) is 0. The van der Waals surface area contributed by atoms with Gasteiger partial charge in [0.2, 0.25) is 11.8 Å². The van der Waals surface area contributed by atoms with Gasteiger partial charge in [-0.1, -0.05) is 18.7 Å². The Balaban J connectivity index is 4.24. The van der Waals surface area contributed by atoms with E-state index in [2.05, 4.69) is 11.9 Å². The van der Waals surface area contributed by atoms with E-state index in [4.69, 9.17) is 15.2 Å². The summed E-state index contributed by atoms with van der Waals surface area (Å²) >= 11 is 0.